The first-order valence-corrected chi connectivity index (χ1v) is 12.8. The van der Waals surface area contributed by atoms with Crippen LogP contribution in [0.4, 0.5) is 0 Å². The normalized spacial score (nSPS) is 29.2. The predicted octanol–water partition coefficient (Wildman–Crippen LogP) is 2.35. The number of rotatable bonds is 7. The number of piperidine rings is 1. The first-order chi connectivity index (χ1) is 18.0. The first kappa shape index (κ1) is 24.3. The van der Waals surface area contributed by atoms with E-state index in [0.717, 1.165) is 16.7 Å². The van der Waals surface area contributed by atoms with Gasteiger partial charge < -0.3 is 15.7 Å². The maximum Gasteiger partial charge on any atom is 0.326 e. The van der Waals surface area contributed by atoms with E-state index in [1.165, 1.54) is 22.7 Å². The summed E-state index contributed by atoms with van der Waals surface area (Å²) in [5.74, 6) is -2.64. The molecule has 2 unspecified atom stereocenters. The zero-order valence-corrected chi connectivity index (χ0v) is 21.5. The minimum Gasteiger partial charge on any atom is -0.480 e. The fraction of sp³-hybridized carbons (Fsp3) is 0.429. The number of carbonyl (C=O) groups is 4. The van der Waals surface area contributed by atoms with E-state index in [-0.39, 0.29) is 36.3 Å². The minimum atomic E-state index is -1.11. The molecule has 1 aliphatic heterocycles. The number of aromatic nitrogens is 3. The molecule has 2 saturated carbocycles. The van der Waals surface area contributed by atoms with Gasteiger partial charge in [0.1, 0.15) is 18.3 Å². The molecule has 0 spiro atoms. The number of likely N-dealkylation sites (tertiary alicyclic amines) is 1. The molecular weight excluding hydrogens is 486 g/mol. The molecule has 6 rings (SSSR count). The second kappa shape index (κ2) is 7.96. The topological polar surface area (TPSA) is 148 Å². The molecule has 2 amide bonds. The van der Waals surface area contributed by atoms with Crippen molar-refractivity contribution in [2.45, 2.75) is 64.1 Å². The molecule has 0 bridgehead atoms. The number of carbonyl (C=O) groups excluding carboxylic acids is 3. The van der Waals surface area contributed by atoms with Gasteiger partial charge in [-0.05, 0) is 61.8 Å². The number of ketones is 1. The summed E-state index contributed by atoms with van der Waals surface area (Å²) in [5, 5.41) is 15.0. The van der Waals surface area contributed by atoms with Crippen molar-refractivity contribution in [1.29, 1.82) is 0 Å². The first-order valence-electron chi connectivity index (χ1n) is 12.8. The van der Waals surface area contributed by atoms with Crippen LogP contribution in [0.5, 0.6) is 0 Å². The van der Waals surface area contributed by atoms with Crippen molar-refractivity contribution in [3.8, 4) is 0 Å². The molecule has 3 heterocycles. The molecule has 38 heavy (non-hydrogen) atoms. The average molecular weight is 516 g/mol. The van der Waals surface area contributed by atoms with Crippen LogP contribution < -0.4 is 5.73 Å². The maximum absolute atomic E-state index is 14.0. The van der Waals surface area contributed by atoms with Crippen molar-refractivity contribution in [1.82, 2.24) is 19.7 Å². The van der Waals surface area contributed by atoms with Crippen molar-refractivity contribution in [2.24, 2.45) is 17.1 Å². The summed E-state index contributed by atoms with van der Waals surface area (Å²) in [5.41, 5.74) is 8.03. The fourth-order valence-corrected chi connectivity index (χ4v) is 7.13. The third-order valence-corrected chi connectivity index (χ3v) is 9.15. The van der Waals surface area contributed by atoms with E-state index in [0.29, 0.717) is 23.7 Å². The van der Waals surface area contributed by atoms with E-state index in [1.54, 1.807) is 12.3 Å². The quantitative estimate of drug-likeness (QED) is 0.459. The summed E-state index contributed by atoms with van der Waals surface area (Å²) in [7, 11) is 0. The molecule has 3 fully saturated rings. The van der Waals surface area contributed by atoms with Crippen LogP contribution in [0, 0.1) is 25.2 Å². The van der Waals surface area contributed by atoms with Gasteiger partial charge in [0.25, 0.3) is 0 Å². The van der Waals surface area contributed by atoms with Crippen molar-refractivity contribution in [2.75, 3.05) is 0 Å². The van der Waals surface area contributed by atoms with Crippen molar-refractivity contribution in [3.63, 3.8) is 0 Å². The number of amides is 2. The van der Waals surface area contributed by atoms with Crippen LogP contribution >= 0.6 is 0 Å². The number of aliphatic carboxylic acids is 1. The number of nitrogens with zero attached hydrogens (tertiary/aromatic N) is 4. The van der Waals surface area contributed by atoms with E-state index < -0.39 is 34.8 Å². The lowest BCUT2D eigenvalue weighted by Gasteiger charge is -2.37. The highest BCUT2D eigenvalue weighted by Crippen LogP contribution is 2.78. The van der Waals surface area contributed by atoms with Crippen LogP contribution in [0.2, 0.25) is 0 Å². The third-order valence-electron chi connectivity index (χ3n) is 9.15. The highest BCUT2D eigenvalue weighted by molar-refractivity contribution is 6.05. The number of carboxylic acids is 1. The zero-order chi connectivity index (χ0) is 27.1. The lowest BCUT2D eigenvalue weighted by atomic mass is 9.85. The molecule has 1 aromatic carbocycles. The van der Waals surface area contributed by atoms with Gasteiger partial charge in [-0.1, -0.05) is 18.2 Å². The van der Waals surface area contributed by atoms with Crippen molar-refractivity contribution < 1.29 is 24.3 Å². The van der Waals surface area contributed by atoms with Gasteiger partial charge >= 0.3 is 5.97 Å². The molecule has 3 aliphatic rings. The molecular formula is C28H29N5O5. The summed E-state index contributed by atoms with van der Waals surface area (Å²) in [4.78, 5) is 57.2. The molecule has 2 aliphatic carbocycles. The van der Waals surface area contributed by atoms with Gasteiger partial charge in [-0.25, -0.2) is 4.79 Å². The number of carboxylic acid groups (broad SMARTS) is 1. The number of Topliss-reactive ketones (excluding diaryl/α,β-unsaturated/α-hetero) is 1. The predicted molar refractivity (Wildman–Crippen MR) is 136 cm³/mol. The Bertz CT molecular complexity index is 1560. The van der Waals surface area contributed by atoms with Gasteiger partial charge in [-0.3, -0.25) is 24.0 Å². The Balaban J connectivity index is 1.40. The SMILES string of the molecule is CC(=O)c1nn(CC(=O)N2[C@H](C(=O)O)C[C@H]3C[C@@]32C2(C(N)=O)CC2c2ccc(C)c(C)c2)c2cnccc12. The molecule has 196 valence electrons. The molecule has 1 saturated heterocycles. The van der Waals surface area contributed by atoms with Crippen LogP contribution in [0.3, 0.4) is 0 Å². The number of aryl methyl sites for hydroxylation is 2. The Morgan fingerprint density at radius 1 is 1.13 bits per heavy atom. The van der Waals surface area contributed by atoms with Crippen LogP contribution in [0.1, 0.15) is 59.3 Å². The number of benzene rings is 1. The number of pyridine rings is 1. The second-order valence-electron chi connectivity index (χ2n) is 11.1. The molecule has 10 nitrogen and oxygen atoms in total. The van der Waals surface area contributed by atoms with Crippen molar-refractivity contribution >= 4 is 34.5 Å². The van der Waals surface area contributed by atoms with Gasteiger partial charge in [-0.2, -0.15) is 5.10 Å². The summed E-state index contributed by atoms with van der Waals surface area (Å²) >= 11 is 0. The highest BCUT2D eigenvalue weighted by atomic mass is 16.4. The third kappa shape index (κ3) is 3.12. The lowest BCUT2D eigenvalue weighted by Crippen LogP contribution is -2.56. The van der Waals surface area contributed by atoms with Crippen LogP contribution in [0.25, 0.3) is 10.9 Å². The van der Waals surface area contributed by atoms with E-state index in [2.05, 4.69) is 16.1 Å². The van der Waals surface area contributed by atoms with Gasteiger partial charge in [-0.15, -0.1) is 0 Å². The lowest BCUT2D eigenvalue weighted by molar-refractivity contribution is -0.154. The zero-order valence-electron chi connectivity index (χ0n) is 21.5. The van der Waals surface area contributed by atoms with E-state index >= 15 is 0 Å². The average Bonchev–Trinajstić information content (AvgIpc) is 3.73. The molecule has 2 aromatic heterocycles. The summed E-state index contributed by atoms with van der Waals surface area (Å²) in [6, 6.07) is 6.66. The Morgan fingerprint density at radius 2 is 1.89 bits per heavy atom. The summed E-state index contributed by atoms with van der Waals surface area (Å²) < 4.78 is 1.40. The number of primary amides is 1. The Kier molecular flexibility index (Phi) is 5.08. The van der Waals surface area contributed by atoms with Crippen LogP contribution in [0.15, 0.2) is 36.7 Å². The molecule has 0 radical (unpaired) electrons. The van der Waals surface area contributed by atoms with Gasteiger partial charge in [0, 0.05) is 24.4 Å². The number of nitrogens with two attached hydrogens (primary N) is 1. The van der Waals surface area contributed by atoms with Crippen LogP contribution in [-0.2, 0) is 20.9 Å². The van der Waals surface area contributed by atoms with E-state index in [9.17, 15) is 24.3 Å². The summed E-state index contributed by atoms with van der Waals surface area (Å²) in [6.07, 6.45) is 4.35. The van der Waals surface area contributed by atoms with E-state index in [4.69, 9.17) is 5.73 Å². The molecule has 10 heteroatoms. The van der Waals surface area contributed by atoms with Gasteiger partial charge in [0.15, 0.2) is 5.78 Å². The number of hydrogen-bond donors (Lipinski definition) is 2. The molecule has 5 atom stereocenters. The van der Waals surface area contributed by atoms with E-state index in [1.807, 2.05) is 26.0 Å². The number of hydrogen-bond acceptors (Lipinski definition) is 6. The number of fused-ring (bicyclic) bond motifs is 2. The molecule has 3 aromatic rings. The smallest absolute Gasteiger partial charge is 0.326 e. The molecule has 3 N–H and O–H groups in total. The van der Waals surface area contributed by atoms with Crippen LogP contribution in [-0.4, -0.2) is 59.9 Å². The fourth-order valence-electron chi connectivity index (χ4n) is 7.13. The van der Waals surface area contributed by atoms with Gasteiger partial charge in [0.05, 0.1) is 22.7 Å². The Hall–Kier alpha value is -4.08. The second-order valence-corrected chi connectivity index (χ2v) is 11.1. The highest BCUT2D eigenvalue weighted by Gasteiger charge is 2.85. The summed E-state index contributed by atoms with van der Waals surface area (Å²) in [6.45, 7) is 5.15. The van der Waals surface area contributed by atoms with Gasteiger partial charge in [0.2, 0.25) is 11.8 Å². The largest absolute Gasteiger partial charge is 0.480 e. The van der Waals surface area contributed by atoms with Crippen molar-refractivity contribution in [3.05, 3.63) is 59.0 Å². The Labute approximate surface area is 218 Å². The standard InChI is InChI=1S/C28H29N5O5/c1-14-4-5-17(8-15(14)2)20-11-27(20,26(29)38)28-10-18(28)9-21(25(36)37)33(28)23(35)13-32-22-12-30-7-6-19(22)24(31-32)16(3)34/h4-8,12,18,20-21H,9-11,13H2,1-3H3,(H2,29,38)(H,36,37)/t18-,20?,21-,27?,28-/m0/s1. The maximum atomic E-state index is 14.0. The Morgan fingerprint density at radius 3 is 2.55 bits per heavy atom. The minimum absolute atomic E-state index is 0.125. The monoisotopic (exact) mass is 515 g/mol.